The maximum atomic E-state index is 12.8. The van der Waals surface area contributed by atoms with Crippen LogP contribution in [0.15, 0.2) is 60.0 Å². The molecule has 1 aliphatic heterocycles. The van der Waals surface area contributed by atoms with Gasteiger partial charge in [-0.25, -0.2) is 0 Å². The second kappa shape index (κ2) is 7.84. The van der Waals surface area contributed by atoms with Crippen molar-refractivity contribution >= 4 is 40.2 Å². The van der Waals surface area contributed by atoms with E-state index in [0.717, 1.165) is 24.1 Å². The Hall–Kier alpha value is -3.52. The zero-order valence-corrected chi connectivity index (χ0v) is 16.1. The van der Waals surface area contributed by atoms with Gasteiger partial charge < -0.3 is 10.2 Å². The van der Waals surface area contributed by atoms with Crippen LogP contribution >= 0.6 is 11.3 Å². The second-order valence-corrected chi connectivity index (χ2v) is 7.59. The number of nitro groups is 1. The van der Waals surface area contributed by atoms with Gasteiger partial charge in [0.25, 0.3) is 17.5 Å². The van der Waals surface area contributed by atoms with Crippen molar-refractivity contribution < 1.29 is 14.5 Å². The first-order chi connectivity index (χ1) is 14.0. The van der Waals surface area contributed by atoms with Crippen LogP contribution in [0.3, 0.4) is 0 Å². The molecule has 0 bridgehead atoms. The topological polar surface area (TPSA) is 92.6 Å². The Balaban J connectivity index is 1.55. The Kier molecular flexibility index (Phi) is 5.09. The number of non-ortho nitro benzene ring substituents is 1. The van der Waals surface area contributed by atoms with Crippen molar-refractivity contribution in [3.63, 3.8) is 0 Å². The first-order valence-corrected chi connectivity index (χ1v) is 9.95. The molecule has 4 rings (SSSR count). The molecule has 146 valence electrons. The number of hydrogen-bond acceptors (Lipinski definition) is 5. The summed E-state index contributed by atoms with van der Waals surface area (Å²) < 4.78 is 0. The Morgan fingerprint density at radius 2 is 1.97 bits per heavy atom. The molecule has 0 radical (unpaired) electrons. The van der Waals surface area contributed by atoms with Crippen LogP contribution in [0.1, 0.15) is 32.0 Å². The summed E-state index contributed by atoms with van der Waals surface area (Å²) in [5, 5.41) is 15.6. The standard InChI is InChI=1S/C21H17N3O4S/c25-20(15-4-1-6-17(13-15)24(27)28)22-16-8-9-18-14(12-16)5-2-10-23(18)21(26)19-7-3-11-29-19/h1,3-4,6-9,11-13H,2,5,10H2,(H,22,25). The number of hydrogen-bond donors (Lipinski definition) is 1. The Morgan fingerprint density at radius 3 is 2.72 bits per heavy atom. The van der Waals surface area contributed by atoms with E-state index >= 15 is 0 Å². The lowest BCUT2D eigenvalue weighted by Crippen LogP contribution is -2.35. The van der Waals surface area contributed by atoms with Gasteiger partial charge in [-0.15, -0.1) is 11.3 Å². The number of thiophene rings is 1. The van der Waals surface area contributed by atoms with Crippen LogP contribution in [0.25, 0.3) is 0 Å². The summed E-state index contributed by atoms with van der Waals surface area (Å²) in [5.41, 5.74) is 2.50. The van der Waals surface area contributed by atoms with E-state index in [0.29, 0.717) is 17.1 Å². The molecule has 0 spiro atoms. The second-order valence-electron chi connectivity index (χ2n) is 6.64. The zero-order chi connectivity index (χ0) is 20.4. The Morgan fingerprint density at radius 1 is 1.10 bits per heavy atom. The minimum atomic E-state index is -0.533. The molecule has 7 nitrogen and oxygen atoms in total. The molecule has 0 unspecified atom stereocenters. The summed E-state index contributed by atoms with van der Waals surface area (Å²) in [4.78, 5) is 38.1. The van der Waals surface area contributed by atoms with Gasteiger partial charge in [-0.3, -0.25) is 19.7 Å². The van der Waals surface area contributed by atoms with Crippen molar-refractivity contribution in [3.8, 4) is 0 Å². The van der Waals surface area contributed by atoms with Crippen molar-refractivity contribution in [1.29, 1.82) is 0 Å². The van der Waals surface area contributed by atoms with Gasteiger partial charge >= 0.3 is 0 Å². The van der Waals surface area contributed by atoms with Crippen LogP contribution in [0.2, 0.25) is 0 Å². The molecule has 2 aromatic carbocycles. The van der Waals surface area contributed by atoms with Crippen LogP contribution in [-0.2, 0) is 6.42 Å². The number of amides is 2. The number of rotatable bonds is 4. The first-order valence-electron chi connectivity index (χ1n) is 9.07. The number of carbonyl (C=O) groups excluding carboxylic acids is 2. The van der Waals surface area contributed by atoms with Gasteiger partial charge in [0.1, 0.15) is 0 Å². The lowest BCUT2D eigenvalue weighted by Gasteiger charge is -2.29. The molecule has 2 heterocycles. The van der Waals surface area contributed by atoms with E-state index < -0.39 is 10.8 Å². The fourth-order valence-electron chi connectivity index (χ4n) is 3.38. The minimum absolute atomic E-state index is 0.0191. The molecular formula is C21H17N3O4S. The minimum Gasteiger partial charge on any atom is -0.322 e. The number of aryl methyl sites for hydroxylation is 1. The molecule has 0 fully saturated rings. The average Bonchev–Trinajstić information content (AvgIpc) is 3.27. The molecule has 8 heteroatoms. The van der Waals surface area contributed by atoms with E-state index in [-0.39, 0.29) is 17.2 Å². The van der Waals surface area contributed by atoms with E-state index in [2.05, 4.69) is 5.32 Å². The number of nitrogens with zero attached hydrogens (tertiary/aromatic N) is 2. The highest BCUT2D eigenvalue weighted by molar-refractivity contribution is 7.12. The number of benzene rings is 2. The maximum absolute atomic E-state index is 12.8. The van der Waals surface area contributed by atoms with Crippen molar-refractivity contribution in [2.75, 3.05) is 16.8 Å². The highest BCUT2D eigenvalue weighted by Crippen LogP contribution is 2.31. The Bertz CT molecular complexity index is 1100. The van der Waals surface area contributed by atoms with Crippen LogP contribution < -0.4 is 10.2 Å². The zero-order valence-electron chi connectivity index (χ0n) is 15.3. The molecule has 0 atom stereocenters. The summed E-state index contributed by atoms with van der Waals surface area (Å²) >= 11 is 1.42. The summed E-state index contributed by atoms with van der Waals surface area (Å²) in [6, 6.07) is 14.7. The molecule has 1 N–H and O–H groups in total. The largest absolute Gasteiger partial charge is 0.322 e. The molecule has 3 aromatic rings. The number of nitro benzene ring substituents is 1. The predicted molar refractivity (Wildman–Crippen MR) is 112 cm³/mol. The first kappa shape index (κ1) is 18.8. The van der Waals surface area contributed by atoms with Crippen molar-refractivity contribution in [2.24, 2.45) is 0 Å². The summed E-state index contributed by atoms with van der Waals surface area (Å²) in [5.74, 6) is -0.440. The fourth-order valence-corrected chi connectivity index (χ4v) is 4.05. The molecular weight excluding hydrogens is 390 g/mol. The number of anilines is 2. The predicted octanol–water partition coefficient (Wildman–Crippen LogP) is 4.50. The number of fused-ring (bicyclic) bond motifs is 1. The van der Waals surface area contributed by atoms with Crippen molar-refractivity contribution in [2.45, 2.75) is 12.8 Å². The molecule has 29 heavy (non-hydrogen) atoms. The van der Waals surface area contributed by atoms with Gasteiger partial charge in [-0.05, 0) is 54.1 Å². The Labute approximate surface area is 170 Å². The third-order valence-electron chi connectivity index (χ3n) is 4.75. The van der Waals surface area contributed by atoms with Gasteiger partial charge in [0.05, 0.1) is 9.80 Å². The monoisotopic (exact) mass is 407 g/mol. The van der Waals surface area contributed by atoms with Crippen molar-refractivity contribution in [1.82, 2.24) is 0 Å². The smallest absolute Gasteiger partial charge is 0.270 e. The van der Waals surface area contributed by atoms with Crippen LogP contribution in [0.4, 0.5) is 17.1 Å². The van der Waals surface area contributed by atoms with E-state index in [9.17, 15) is 19.7 Å². The summed E-state index contributed by atoms with van der Waals surface area (Å²) in [6.07, 6.45) is 1.65. The molecule has 0 saturated heterocycles. The molecule has 0 saturated carbocycles. The van der Waals surface area contributed by atoms with Gasteiger partial charge in [0, 0.05) is 35.6 Å². The third kappa shape index (κ3) is 3.88. The summed E-state index contributed by atoms with van der Waals surface area (Å²) in [6.45, 7) is 0.656. The van der Waals surface area contributed by atoms with E-state index in [1.54, 1.807) is 11.0 Å². The third-order valence-corrected chi connectivity index (χ3v) is 5.61. The van der Waals surface area contributed by atoms with E-state index in [1.165, 1.54) is 35.6 Å². The molecule has 2 amide bonds. The number of carbonyl (C=O) groups is 2. The van der Waals surface area contributed by atoms with Crippen LogP contribution in [0, 0.1) is 10.1 Å². The lowest BCUT2D eigenvalue weighted by molar-refractivity contribution is -0.384. The fraction of sp³-hybridized carbons (Fsp3) is 0.143. The van der Waals surface area contributed by atoms with Crippen LogP contribution in [0.5, 0.6) is 0 Å². The molecule has 0 aliphatic carbocycles. The normalized spacial score (nSPS) is 12.9. The lowest BCUT2D eigenvalue weighted by atomic mass is 10.0. The van der Waals surface area contributed by atoms with E-state index in [1.807, 2.05) is 29.6 Å². The van der Waals surface area contributed by atoms with Crippen LogP contribution in [-0.4, -0.2) is 23.3 Å². The maximum Gasteiger partial charge on any atom is 0.270 e. The van der Waals surface area contributed by atoms with Crippen molar-refractivity contribution in [3.05, 3.63) is 86.1 Å². The summed E-state index contributed by atoms with van der Waals surface area (Å²) in [7, 11) is 0. The average molecular weight is 407 g/mol. The van der Waals surface area contributed by atoms with Gasteiger partial charge in [0.2, 0.25) is 0 Å². The highest BCUT2D eigenvalue weighted by Gasteiger charge is 2.24. The highest BCUT2D eigenvalue weighted by atomic mass is 32.1. The van der Waals surface area contributed by atoms with E-state index in [4.69, 9.17) is 0 Å². The SMILES string of the molecule is O=C(Nc1ccc2c(c1)CCCN2C(=O)c1cccs1)c1cccc([N+](=O)[O-])c1. The quantitative estimate of drug-likeness (QED) is 0.509. The molecule has 1 aliphatic rings. The number of nitrogens with one attached hydrogen (secondary N) is 1. The van der Waals surface area contributed by atoms with Gasteiger partial charge in [-0.1, -0.05) is 12.1 Å². The van der Waals surface area contributed by atoms with Gasteiger partial charge in [-0.2, -0.15) is 0 Å². The molecule has 1 aromatic heterocycles. The van der Waals surface area contributed by atoms with Gasteiger partial charge in [0.15, 0.2) is 0 Å².